The molecule has 0 aromatic carbocycles. The molecule has 0 saturated carbocycles. The maximum absolute atomic E-state index is 7.77. The molecule has 2 N–H and O–H groups in total. The van der Waals surface area contributed by atoms with Crippen molar-refractivity contribution in [1.82, 2.24) is 0 Å². The molecule has 54 valence electrons. The largest absolute Gasteiger partial charge is 2.00 e. The number of aliphatic hydroxyl groups excluding tert-OH is 2. The van der Waals surface area contributed by atoms with Crippen molar-refractivity contribution in [3.8, 4) is 0 Å². The summed E-state index contributed by atoms with van der Waals surface area (Å²) in [6.07, 6.45) is 0. The zero-order chi connectivity index (χ0) is 6.83. The molecule has 0 rings (SSSR count). The maximum Gasteiger partial charge on any atom is 2.00 e. The van der Waals surface area contributed by atoms with Gasteiger partial charge in [0.1, 0.15) is 0 Å². The van der Waals surface area contributed by atoms with Crippen LogP contribution in [-0.2, 0) is 25.3 Å². The van der Waals surface area contributed by atoms with Crippen molar-refractivity contribution in [3.05, 3.63) is 0 Å². The average Bonchev–Trinajstić information content (AvgIpc) is 1.88. The van der Waals surface area contributed by atoms with Crippen LogP contribution in [0.3, 0.4) is 0 Å². The first-order chi connectivity index (χ1) is 3.83. The van der Waals surface area contributed by atoms with Gasteiger partial charge in [-0.25, -0.2) is 0 Å². The molecule has 9 heavy (non-hydrogen) atoms. The van der Waals surface area contributed by atoms with Crippen molar-refractivity contribution in [2.45, 2.75) is 0 Å². The van der Waals surface area contributed by atoms with E-state index in [1.807, 2.05) is 0 Å². The normalized spacial score (nSPS) is 6.67. The van der Waals surface area contributed by atoms with Gasteiger partial charge in [-0.1, -0.05) is 0 Å². The third-order valence-electron chi connectivity index (χ3n) is 0.183. The van der Waals surface area contributed by atoms with Crippen LogP contribution in [-0.4, -0.2) is 62.2 Å². The van der Waals surface area contributed by atoms with Crippen LogP contribution in [0.4, 0.5) is 0 Å². The van der Waals surface area contributed by atoms with Gasteiger partial charge < -0.3 is 35.5 Å². The van der Waals surface area contributed by atoms with Gasteiger partial charge in [0.15, 0.2) is 0 Å². The third kappa shape index (κ3) is 43.3. The molecule has 2 nitrogen and oxygen atoms in total. The van der Waals surface area contributed by atoms with Gasteiger partial charge in [0, 0.05) is 13.2 Å². The quantitative estimate of drug-likeness (QED) is 0.472. The summed E-state index contributed by atoms with van der Waals surface area (Å²) in [5.41, 5.74) is 0. The topological polar surface area (TPSA) is 40.5 Å². The maximum atomic E-state index is 7.77. The fraction of sp³-hybridized carbons (Fsp3) is 1.00. The van der Waals surface area contributed by atoms with E-state index in [1.165, 1.54) is 0 Å². The van der Waals surface area contributed by atoms with Gasteiger partial charge in [-0.15, -0.1) is 0 Å². The molecular weight excluding hydrogens is 351 g/mol. The Morgan fingerprint density at radius 1 is 0.889 bits per heavy atom. The fourth-order valence-corrected chi connectivity index (χ4v) is 0. The van der Waals surface area contributed by atoms with E-state index in [9.17, 15) is 0 Å². The molecule has 0 atom stereocenters. The van der Waals surface area contributed by atoms with Crippen LogP contribution in [0, 0.1) is 0 Å². The molecule has 0 aromatic heterocycles. The van der Waals surface area contributed by atoms with Crippen LogP contribution in [0.15, 0.2) is 0 Å². The molecule has 0 heterocycles. The predicted molar refractivity (Wildman–Crippen MR) is 44.4 cm³/mol. The van der Waals surface area contributed by atoms with Crippen molar-refractivity contribution in [2.75, 3.05) is 24.7 Å². The Morgan fingerprint density at radius 2 is 1.00 bits per heavy atom. The Bertz CT molecular complexity index is 24.5. The molecule has 0 amide bonds. The second kappa shape index (κ2) is 22.7. The zero-order valence-corrected chi connectivity index (χ0v) is 10.6. The number of rotatable bonds is 2. The van der Waals surface area contributed by atoms with Gasteiger partial charge in [-0.05, 0) is 0 Å². The summed E-state index contributed by atoms with van der Waals surface area (Å²) in [6.45, 7) is 0.269. The number of aliphatic hydroxyl groups is 2. The predicted octanol–water partition coefficient (Wildman–Crippen LogP) is -1.33. The van der Waals surface area contributed by atoms with Gasteiger partial charge in [0.2, 0.25) is 0 Å². The zero-order valence-electron chi connectivity index (χ0n) is 5.04. The molecule has 0 saturated heterocycles. The monoisotopic (exact) mass is 362 g/mol. The summed E-state index contributed by atoms with van der Waals surface area (Å²) in [5, 5.41) is 15.5. The van der Waals surface area contributed by atoms with Crippen LogP contribution in [0.2, 0.25) is 0 Å². The van der Waals surface area contributed by atoms with Crippen molar-refractivity contribution < 1.29 is 10.2 Å². The minimum absolute atomic E-state index is 0. The van der Waals surface area contributed by atoms with E-state index in [2.05, 4.69) is 25.3 Å². The van der Waals surface area contributed by atoms with E-state index < -0.39 is 0 Å². The summed E-state index contributed by atoms with van der Waals surface area (Å²) < 4.78 is 0. The molecule has 5 heteroatoms. The molecule has 0 aromatic rings. The van der Waals surface area contributed by atoms with Crippen molar-refractivity contribution in [3.63, 3.8) is 0 Å². The molecule has 0 aliphatic heterocycles. The second-order valence-corrected chi connectivity index (χ2v) is 1.67. The molecule has 0 aliphatic rings. The molecular formula is C4H10O2PbS2. The average molecular weight is 361 g/mol. The minimum Gasteiger partial charge on any atom is -0.790 e. The summed E-state index contributed by atoms with van der Waals surface area (Å²) in [6, 6.07) is 0. The minimum atomic E-state index is 0. The van der Waals surface area contributed by atoms with E-state index in [-0.39, 0.29) is 40.5 Å². The number of hydrogen-bond acceptors (Lipinski definition) is 4. The second-order valence-electron chi connectivity index (χ2n) is 0.855. The first-order valence-electron chi connectivity index (χ1n) is 2.21. The SMILES string of the molecule is OCC[S-].OCC[S-].[Pb+2]. The molecule has 0 spiro atoms. The fourth-order valence-electron chi connectivity index (χ4n) is 0. The number of hydrogen-bond donors (Lipinski definition) is 2. The first kappa shape index (κ1) is 16.9. The molecule has 0 bridgehead atoms. The third-order valence-corrected chi connectivity index (χ3v) is 0.548. The van der Waals surface area contributed by atoms with Gasteiger partial charge in [0.25, 0.3) is 0 Å². The summed E-state index contributed by atoms with van der Waals surface area (Å²) in [4.78, 5) is 0. The summed E-state index contributed by atoms with van der Waals surface area (Å²) in [5.74, 6) is 0.917. The van der Waals surface area contributed by atoms with E-state index in [1.54, 1.807) is 0 Å². The van der Waals surface area contributed by atoms with Crippen LogP contribution in [0.25, 0.3) is 0 Å². The van der Waals surface area contributed by atoms with Gasteiger partial charge in [-0.2, -0.15) is 11.5 Å². The van der Waals surface area contributed by atoms with Gasteiger partial charge >= 0.3 is 27.3 Å². The van der Waals surface area contributed by atoms with Crippen molar-refractivity contribution in [1.29, 1.82) is 0 Å². The molecule has 0 unspecified atom stereocenters. The van der Waals surface area contributed by atoms with Crippen LogP contribution in [0.5, 0.6) is 0 Å². The van der Waals surface area contributed by atoms with Crippen LogP contribution < -0.4 is 0 Å². The summed E-state index contributed by atoms with van der Waals surface area (Å²) in [7, 11) is 0. The Hall–Kier alpha value is 1.54. The van der Waals surface area contributed by atoms with Crippen molar-refractivity contribution in [2.24, 2.45) is 0 Å². The van der Waals surface area contributed by atoms with Gasteiger partial charge in [-0.3, -0.25) is 0 Å². The van der Waals surface area contributed by atoms with Gasteiger partial charge in [0.05, 0.1) is 0 Å². The Labute approximate surface area is 87.0 Å². The molecule has 0 aliphatic carbocycles. The molecule has 0 fully saturated rings. The van der Waals surface area contributed by atoms with E-state index in [0.29, 0.717) is 11.5 Å². The first-order valence-corrected chi connectivity index (χ1v) is 3.36. The summed E-state index contributed by atoms with van der Waals surface area (Å²) >= 11 is 8.61. The Balaban J connectivity index is -0.0000000720. The van der Waals surface area contributed by atoms with Crippen LogP contribution in [0.1, 0.15) is 0 Å². The van der Waals surface area contributed by atoms with E-state index in [4.69, 9.17) is 10.2 Å². The van der Waals surface area contributed by atoms with Crippen molar-refractivity contribution >= 4 is 52.6 Å². The Kier molecular flexibility index (Phi) is 42.5. The smallest absolute Gasteiger partial charge is 0.790 e. The Morgan fingerprint density at radius 3 is 1.00 bits per heavy atom. The van der Waals surface area contributed by atoms with E-state index >= 15 is 0 Å². The standard InChI is InChI=1S/2C2H6OS.Pb/c2*3-1-2-4;/h2*3-4H,1-2H2;/q;;+2/p-2. The molecule has 2 radical (unpaired) electrons. The van der Waals surface area contributed by atoms with E-state index in [0.717, 1.165) is 0 Å². The van der Waals surface area contributed by atoms with Crippen LogP contribution >= 0.6 is 0 Å².